The lowest BCUT2D eigenvalue weighted by Crippen LogP contribution is -2.27. The van der Waals surface area contributed by atoms with Crippen LogP contribution in [0.25, 0.3) is 0 Å². The molecule has 1 amide bonds. The molecular weight excluding hydrogens is 294 g/mol. The van der Waals surface area contributed by atoms with Gasteiger partial charge in [-0.2, -0.15) is 0 Å². The second kappa shape index (κ2) is 7.56. The van der Waals surface area contributed by atoms with Gasteiger partial charge in [0.2, 0.25) is 5.91 Å². The summed E-state index contributed by atoms with van der Waals surface area (Å²) >= 11 is 5.27. The molecule has 0 fully saturated rings. The van der Waals surface area contributed by atoms with Gasteiger partial charge in [-0.3, -0.25) is 4.79 Å². The fourth-order valence-electron chi connectivity index (χ4n) is 1.90. The molecule has 5 heteroatoms. The molecule has 0 atom stereocenters. The van der Waals surface area contributed by atoms with Crippen molar-refractivity contribution < 1.29 is 4.79 Å². The van der Waals surface area contributed by atoms with Crippen molar-refractivity contribution in [1.82, 2.24) is 5.32 Å². The van der Waals surface area contributed by atoms with Crippen LogP contribution < -0.4 is 16.0 Å². The smallest absolute Gasteiger partial charge is 0.221 e. The number of carbonyl (C=O) groups excluding carboxylic acids is 1. The molecule has 2 rings (SSSR count). The highest BCUT2D eigenvalue weighted by molar-refractivity contribution is 7.80. The molecule has 0 unspecified atom stereocenters. The van der Waals surface area contributed by atoms with E-state index in [1.54, 1.807) is 0 Å². The van der Waals surface area contributed by atoms with E-state index in [9.17, 15) is 4.79 Å². The van der Waals surface area contributed by atoms with Crippen molar-refractivity contribution in [2.75, 3.05) is 10.6 Å². The SMILES string of the molecule is CC(=O)Nc1ccc(NC(=S)NCc2ccc(C)cc2)cc1. The van der Waals surface area contributed by atoms with Gasteiger partial charge < -0.3 is 16.0 Å². The fourth-order valence-corrected chi connectivity index (χ4v) is 2.09. The molecule has 114 valence electrons. The number of rotatable bonds is 4. The first kappa shape index (κ1) is 16.0. The molecule has 0 aliphatic heterocycles. The lowest BCUT2D eigenvalue weighted by atomic mass is 10.1. The molecule has 0 aliphatic carbocycles. The summed E-state index contributed by atoms with van der Waals surface area (Å²) in [6.45, 7) is 4.22. The Kier molecular flexibility index (Phi) is 5.49. The maximum absolute atomic E-state index is 11.0. The molecule has 0 spiro atoms. The Bertz CT molecular complexity index is 651. The normalized spacial score (nSPS) is 9.91. The molecule has 0 bridgehead atoms. The Morgan fingerprint density at radius 1 is 0.955 bits per heavy atom. The lowest BCUT2D eigenvalue weighted by Gasteiger charge is -2.11. The minimum atomic E-state index is -0.0870. The number of aryl methyl sites for hydroxylation is 1. The molecule has 0 aromatic heterocycles. The van der Waals surface area contributed by atoms with Gasteiger partial charge in [0.05, 0.1) is 0 Å². The van der Waals surface area contributed by atoms with Gasteiger partial charge in [-0.05, 0) is 49.0 Å². The zero-order valence-electron chi connectivity index (χ0n) is 12.6. The number of thiocarbonyl (C=S) groups is 1. The number of anilines is 2. The third-order valence-corrected chi connectivity index (χ3v) is 3.28. The summed E-state index contributed by atoms with van der Waals surface area (Å²) in [4.78, 5) is 11.0. The quantitative estimate of drug-likeness (QED) is 0.757. The van der Waals surface area contributed by atoms with Crippen LogP contribution >= 0.6 is 12.2 Å². The first-order valence-corrected chi connectivity index (χ1v) is 7.42. The van der Waals surface area contributed by atoms with Crippen molar-refractivity contribution in [3.63, 3.8) is 0 Å². The zero-order chi connectivity index (χ0) is 15.9. The Hall–Kier alpha value is -2.40. The lowest BCUT2D eigenvalue weighted by molar-refractivity contribution is -0.114. The summed E-state index contributed by atoms with van der Waals surface area (Å²) in [7, 11) is 0. The van der Waals surface area contributed by atoms with E-state index in [2.05, 4.69) is 47.1 Å². The standard InChI is InChI=1S/C17H19N3OS/c1-12-3-5-14(6-4-12)11-18-17(22)20-16-9-7-15(8-10-16)19-13(2)21/h3-10H,11H2,1-2H3,(H,19,21)(H2,18,20,22). The number of benzene rings is 2. The van der Waals surface area contributed by atoms with E-state index < -0.39 is 0 Å². The van der Waals surface area contributed by atoms with Crippen molar-refractivity contribution in [3.8, 4) is 0 Å². The fraction of sp³-hybridized carbons (Fsp3) is 0.176. The molecule has 4 nitrogen and oxygen atoms in total. The maximum Gasteiger partial charge on any atom is 0.221 e. The van der Waals surface area contributed by atoms with E-state index in [1.807, 2.05) is 24.3 Å². The first-order chi connectivity index (χ1) is 10.5. The third-order valence-electron chi connectivity index (χ3n) is 3.04. The molecule has 3 N–H and O–H groups in total. The topological polar surface area (TPSA) is 53.2 Å². The van der Waals surface area contributed by atoms with E-state index in [-0.39, 0.29) is 5.91 Å². The Morgan fingerprint density at radius 2 is 1.50 bits per heavy atom. The van der Waals surface area contributed by atoms with Crippen molar-refractivity contribution in [3.05, 3.63) is 59.7 Å². The summed E-state index contributed by atoms with van der Waals surface area (Å²) in [5.41, 5.74) is 4.05. The minimum absolute atomic E-state index is 0.0870. The average Bonchev–Trinajstić information content (AvgIpc) is 2.48. The van der Waals surface area contributed by atoms with Crippen LogP contribution in [-0.4, -0.2) is 11.0 Å². The van der Waals surface area contributed by atoms with Crippen molar-refractivity contribution in [1.29, 1.82) is 0 Å². The Labute approximate surface area is 135 Å². The summed E-state index contributed by atoms with van der Waals surface area (Å²) in [6.07, 6.45) is 0. The Morgan fingerprint density at radius 3 is 2.05 bits per heavy atom. The third kappa shape index (κ3) is 5.18. The number of amides is 1. The predicted octanol–water partition coefficient (Wildman–Crippen LogP) is 3.44. The summed E-state index contributed by atoms with van der Waals surface area (Å²) in [6, 6.07) is 15.7. The van der Waals surface area contributed by atoms with E-state index in [0.29, 0.717) is 11.7 Å². The molecule has 0 saturated heterocycles. The van der Waals surface area contributed by atoms with Crippen LogP contribution in [0.15, 0.2) is 48.5 Å². The van der Waals surface area contributed by atoms with Crippen LogP contribution in [0.1, 0.15) is 18.1 Å². The molecule has 0 saturated carbocycles. The Balaban J connectivity index is 1.83. The number of hydrogen-bond donors (Lipinski definition) is 3. The van der Waals surface area contributed by atoms with E-state index >= 15 is 0 Å². The predicted molar refractivity (Wildman–Crippen MR) is 95.0 cm³/mol. The minimum Gasteiger partial charge on any atom is -0.358 e. The highest BCUT2D eigenvalue weighted by Crippen LogP contribution is 2.13. The summed E-state index contributed by atoms with van der Waals surface area (Å²) in [5.74, 6) is -0.0870. The highest BCUT2D eigenvalue weighted by Gasteiger charge is 2.00. The van der Waals surface area contributed by atoms with Crippen molar-refractivity contribution in [2.45, 2.75) is 20.4 Å². The van der Waals surface area contributed by atoms with Crippen LogP contribution in [0.3, 0.4) is 0 Å². The van der Waals surface area contributed by atoms with E-state index in [4.69, 9.17) is 12.2 Å². The van der Waals surface area contributed by atoms with Gasteiger partial charge in [-0.15, -0.1) is 0 Å². The van der Waals surface area contributed by atoms with E-state index in [0.717, 1.165) is 11.4 Å². The maximum atomic E-state index is 11.0. The average molecular weight is 313 g/mol. The van der Waals surface area contributed by atoms with Crippen molar-refractivity contribution >= 4 is 34.6 Å². The van der Waals surface area contributed by atoms with Crippen LogP contribution in [0.2, 0.25) is 0 Å². The van der Waals surface area contributed by atoms with E-state index in [1.165, 1.54) is 18.1 Å². The summed E-state index contributed by atoms with van der Waals surface area (Å²) in [5, 5.41) is 9.56. The number of carbonyl (C=O) groups is 1. The molecule has 0 radical (unpaired) electrons. The van der Waals surface area contributed by atoms with Gasteiger partial charge in [-0.1, -0.05) is 29.8 Å². The number of hydrogen-bond acceptors (Lipinski definition) is 2. The molecule has 0 aliphatic rings. The zero-order valence-corrected chi connectivity index (χ0v) is 13.5. The van der Waals surface area contributed by atoms with Gasteiger partial charge in [0.1, 0.15) is 0 Å². The van der Waals surface area contributed by atoms with Gasteiger partial charge in [0, 0.05) is 24.8 Å². The summed E-state index contributed by atoms with van der Waals surface area (Å²) < 4.78 is 0. The second-order valence-corrected chi connectivity index (χ2v) is 5.46. The second-order valence-electron chi connectivity index (χ2n) is 5.05. The van der Waals surface area contributed by atoms with Crippen LogP contribution in [0.5, 0.6) is 0 Å². The first-order valence-electron chi connectivity index (χ1n) is 7.01. The molecular formula is C17H19N3OS. The monoisotopic (exact) mass is 313 g/mol. The highest BCUT2D eigenvalue weighted by atomic mass is 32.1. The van der Waals surface area contributed by atoms with Crippen LogP contribution in [0.4, 0.5) is 11.4 Å². The van der Waals surface area contributed by atoms with Gasteiger partial charge in [0.25, 0.3) is 0 Å². The van der Waals surface area contributed by atoms with Gasteiger partial charge >= 0.3 is 0 Å². The van der Waals surface area contributed by atoms with Gasteiger partial charge in [0.15, 0.2) is 5.11 Å². The van der Waals surface area contributed by atoms with Crippen LogP contribution in [-0.2, 0) is 11.3 Å². The largest absolute Gasteiger partial charge is 0.358 e. The molecule has 0 heterocycles. The molecule has 2 aromatic rings. The molecule has 2 aromatic carbocycles. The van der Waals surface area contributed by atoms with Crippen molar-refractivity contribution in [2.24, 2.45) is 0 Å². The number of nitrogens with one attached hydrogen (secondary N) is 3. The van der Waals surface area contributed by atoms with Crippen LogP contribution in [0, 0.1) is 6.92 Å². The molecule has 22 heavy (non-hydrogen) atoms. The van der Waals surface area contributed by atoms with Gasteiger partial charge in [-0.25, -0.2) is 0 Å².